The molecule has 6 nitrogen and oxygen atoms in total. The zero-order chi connectivity index (χ0) is 18.0. The van der Waals surface area contributed by atoms with Gasteiger partial charge in [-0.05, 0) is 48.8 Å². The molecular weight excluding hydrogens is 320 g/mol. The number of likely N-dealkylation sites (tertiary alicyclic amines) is 1. The minimum atomic E-state index is -0.223. The molecule has 0 N–H and O–H groups in total. The Morgan fingerprint density at radius 1 is 1.40 bits per heavy atom. The topological polar surface area (TPSA) is 72.7 Å². The maximum atomic E-state index is 12.4. The third-order valence-electron chi connectivity index (χ3n) is 5.88. The Hall–Kier alpha value is -2.11. The summed E-state index contributed by atoms with van der Waals surface area (Å²) in [4.78, 5) is 25.1. The van der Waals surface area contributed by atoms with Crippen molar-refractivity contribution in [3.8, 4) is 5.75 Å². The van der Waals surface area contributed by atoms with Gasteiger partial charge in [-0.2, -0.15) is 0 Å². The Kier molecular flexibility index (Phi) is 5.25. The first-order valence-corrected chi connectivity index (χ1v) is 9.03. The van der Waals surface area contributed by atoms with Crippen molar-refractivity contribution in [2.24, 2.45) is 17.8 Å². The first-order chi connectivity index (χ1) is 12.0. The van der Waals surface area contributed by atoms with Gasteiger partial charge in [-0.1, -0.05) is 19.1 Å². The van der Waals surface area contributed by atoms with Gasteiger partial charge in [-0.25, -0.2) is 0 Å². The predicted molar refractivity (Wildman–Crippen MR) is 94.1 cm³/mol. The fourth-order valence-corrected chi connectivity index (χ4v) is 4.65. The van der Waals surface area contributed by atoms with Gasteiger partial charge in [-0.3, -0.25) is 14.9 Å². The highest BCUT2D eigenvalue weighted by molar-refractivity contribution is 5.79. The lowest BCUT2D eigenvalue weighted by Crippen LogP contribution is -2.34. The molecule has 136 valence electrons. The Bertz CT molecular complexity index is 648. The number of methoxy groups -OCH3 is 1. The molecule has 0 bridgehead atoms. The molecule has 3 unspecified atom stereocenters. The van der Waals surface area contributed by atoms with E-state index < -0.39 is 0 Å². The molecule has 6 heteroatoms. The number of rotatable bonds is 7. The second-order valence-electron chi connectivity index (χ2n) is 7.37. The van der Waals surface area contributed by atoms with Crippen molar-refractivity contribution < 1.29 is 14.5 Å². The van der Waals surface area contributed by atoms with Gasteiger partial charge in [0.2, 0.25) is 12.5 Å². The Morgan fingerprint density at radius 2 is 2.20 bits per heavy atom. The molecule has 1 heterocycles. The average molecular weight is 346 g/mol. The number of benzene rings is 1. The fraction of sp³-hybridized carbons (Fsp3) is 0.632. The number of ether oxygens (including phenoxy) is 1. The number of hydrogen-bond donors (Lipinski definition) is 0. The van der Waals surface area contributed by atoms with Gasteiger partial charge in [-0.15, -0.1) is 0 Å². The number of amides is 1. The van der Waals surface area contributed by atoms with Gasteiger partial charge in [0, 0.05) is 29.8 Å². The highest BCUT2D eigenvalue weighted by Crippen LogP contribution is 2.46. The second kappa shape index (κ2) is 7.42. The number of nitro groups is 1. The van der Waals surface area contributed by atoms with E-state index in [2.05, 4.69) is 13.0 Å². The van der Waals surface area contributed by atoms with Crippen molar-refractivity contribution in [1.82, 2.24) is 4.90 Å². The molecule has 1 aromatic rings. The zero-order valence-corrected chi connectivity index (χ0v) is 14.9. The lowest BCUT2D eigenvalue weighted by atomic mass is 9.89. The van der Waals surface area contributed by atoms with Crippen molar-refractivity contribution in [1.29, 1.82) is 0 Å². The summed E-state index contributed by atoms with van der Waals surface area (Å²) in [6, 6.07) is 8.19. The Balaban J connectivity index is 1.58. The van der Waals surface area contributed by atoms with Gasteiger partial charge < -0.3 is 9.64 Å². The van der Waals surface area contributed by atoms with E-state index in [1.54, 1.807) is 7.11 Å². The molecule has 2 aliphatic rings. The molecule has 2 fully saturated rings. The quantitative estimate of drug-likeness (QED) is 0.562. The smallest absolute Gasteiger partial charge is 0.223 e. The van der Waals surface area contributed by atoms with E-state index in [1.165, 1.54) is 5.56 Å². The molecule has 1 saturated carbocycles. The highest BCUT2D eigenvalue weighted by Gasteiger charge is 2.51. The van der Waals surface area contributed by atoms with E-state index in [-0.39, 0.29) is 35.3 Å². The van der Waals surface area contributed by atoms with Crippen LogP contribution in [-0.4, -0.2) is 42.0 Å². The molecule has 0 radical (unpaired) electrons. The highest BCUT2D eigenvalue weighted by atomic mass is 16.6. The standard InChI is InChI=1S/C19H26N2O4/c1-13-9-18-16(17(13)12-21(23)24)11-19(22)20(18)8-4-6-14-5-3-7-15(10-14)25-2/h3,5,7,10,13,16-18H,4,6,8-9,11-12H2,1-2H3/t13?,16?,17-,18?/m1/s1. The molecule has 1 aromatic carbocycles. The molecular formula is C19H26N2O4. The van der Waals surface area contributed by atoms with Crippen molar-refractivity contribution in [2.45, 2.75) is 38.6 Å². The number of carbonyl (C=O) groups is 1. The maximum absolute atomic E-state index is 12.4. The predicted octanol–water partition coefficient (Wildman–Crippen LogP) is 2.78. The minimum absolute atomic E-state index is 0.00668. The lowest BCUT2D eigenvalue weighted by Gasteiger charge is -2.24. The molecule has 0 spiro atoms. The summed E-state index contributed by atoms with van der Waals surface area (Å²) in [7, 11) is 1.66. The number of carbonyl (C=O) groups excluding carboxylic acids is 1. The molecule has 0 aromatic heterocycles. The van der Waals surface area contributed by atoms with Gasteiger partial charge >= 0.3 is 0 Å². The summed E-state index contributed by atoms with van der Waals surface area (Å²) >= 11 is 0. The van der Waals surface area contributed by atoms with Crippen LogP contribution in [0, 0.1) is 27.9 Å². The van der Waals surface area contributed by atoms with E-state index in [1.807, 2.05) is 23.1 Å². The molecule has 1 saturated heterocycles. The van der Waals surface area contributed by atoms with E-state index in [9.17, 15) is 14.9 Å². The molecule has 1 aliphatic carbocycles. The molecule has 3 rings (SSSR count). The summed E-state index contributed by atoms with van der Waals surface area (Å²) in [5.74, 6) is 1.52. The molecule has 1 aliphatic heterocycles. The van der Waals surface area contributed by atoms with Gasteiger partial charge in [0.25, 0.3) is 0 Å². The molecule has 4 atom stereocenters. The Morgan fingerprint density at radius 3 is 2.92 bits per heavy atom. The van der Waals surface area contributed by atoms with E-state index >= 15 is 0 Å². The minimum Gasteiger partial charge on any atom is -0.497 e. The largest absolute Gasteiger partial charge is 0.497 e. The van der Waals surface area contributed by atoms with E-state index in [0.717, 1.165) is 31.6 Å². The van der Waals surface area contributed by atoms with Crippen LogP contribution in [0.4, 0.5) is 0 Å². The lowest BCUT2D eigenvalue weighted by molar-refractivity contribution is -0.490. The van der Waals surface area contributed by atoms with Gasteiger partial charge in [0.05, 0.1) is 7.11 Å². The van der Waals surface area contributed by atoms with Crippen LogP contribution in [-0.2, 0) is 11.2 Å². The second-order valence-corrected chi connectivity index (χ2v) is 7.37. The summed E-state index contributed by atoms with van der Waals surface area (Å²) in [5.41, 5.74) is 1.20. The van der Waals surface area contributed by atoms with E-state index in [0.29, 0.717) is 12.3 Å². The fourth-order valence-electron chi connectivity index (χ4n) is 4.65. The number of nitrogens with zero attached hydrogens (tertiary/aromatic N) is 2. The summed E-state index contributed by atoms with van der Waals surface area (Å²) < 4.78 is 5.24. The normalized spacial score (nSPS) is 28.2. The SMILES string of the molecule is COc1cccc(CCCN2C(=O)CC3C2CC(C)[C@H]3C[N+](=O)[O-])c1. The van der Waals surface area contributed by atoms with Crippen molar-refractivity contribution in [2.75, 3.05) is 20.2 Å². The summed E-state index contributed by atoms with van der Waals surface area (Å²) in [5, 5.41) is 10.9. The monoisotopic (exact) mass is 346 g/mol. The average Bonchev–Trinajstić information content (AvgIpc) is 3.03. The number of aryl methyl sites for hydroxylation is 1. The first kappa shape index (κ1) is 17.7. The van der Waals surface area contributed by atoms with Crippen LogP contribution in [0.15, 0.2) is 24.3 Å². The van der Waals surface area contributed by atoms with Crippen LogP contribution < -0.4 is 4.74 Å². The molecule has 25 heavy (non-hydrogen) atoms. The third kappa shape index (κ3) is 3.78. The summed E-state index contributed by atoms with van der Waals surface area (Å²) in [6.45, 7) is 2.81. The summed E-state index contributed by atoms with van der Waals surface area (Å²) in [6.07, 6.45) is 3.17. The van der Waals surface area contributed by atoms with Gasteiger partial charge in [0.15, 0.2) is 0 Å². The van der Waals surface area contributed by atoms with E-state index in [4.69, 9.17) is 4.74 Å². The van der Waals surface area contributed by atoms with Gasteiger partial charge in [0.1, 0.15) is 5.75 Å². The molecule has 1 amide bonds. The van der Waals surface area contributed by atoms with Crippen LogP contribution in [0.3, 0.4) is 0 Å². The van der Waals surface area contributed by atoms with Crippen LogP contribution in [0.2, 0.25) is 0 Å². The van der Waals surface area contributed by atoms with Crippen LogP contribution in [0.5, 0.6) is 5.75 Å². The van der Waals surface area contributed by atoms with Crippen molar-refractivity contribution in [3.63, 3.8) is 0 Å². The van der Waals surface area contributed by atoms with Crippen molar-refractivity contribution >= 4 is 5.91 Å². The van der Waals surface area contributed by atoms with Crippen LogP contribution >= 0.6 is 0 Å². The number of hydrogen-bond acceptors (Lipinski definition) is 4. The Labute approximate surface area is 148 Å². The van der Waals surface area contributed by atoms with Crippen LogP contribution in [0.25, 0.3) is 0 Å². The van der Waals surface area contributed by atoms with Crippen LogP contribution in [0.1, 0.15) is 31.7 Å². The maximum Gasteiger partial charge on any atom is 0.223 e. The first-order valence-electron chi connectivity index (χ1n) is 9.03. The van der Waals surface area contributed by atoms with Crippen molar-refractivity contribution in [3.05, 3.63) is 39.9 Å². The third-order valence-corrected chi connectivity index (χ3v) is 5.88. The zero-order valence-electron chi connectivity index (χ0n) is 14.9. The number of fused-ring (bicyclic) bond motifs is 1.